The average Bonchev–Trinajstić information content (AvgIpc) is 3.07. The fourth-order valence-electron chi connectivity index (χ4n) is 2.03. The number of nitrogens with one attached hydrogen (secondary N) is 2. The zero-order chi connectivity index (χ0) is 18.1. The van der Waals surface area contributed by atoms with Gasteiger partial charge in [0.25, 0.3) is 5.91 Å². The van der Waals surface area contributed by atoms with Crippen molar-refractivity contribution in [2.24, 2.45) is 0 Å². The number of nitrogens with zero attached hydrogens (tertiary/aromatic N) is 3. The Kier molecular flexibility index (Phi) is 5.47. The van der Waals surface area contributed by atoms with E-state index in [1.165, 1.54) is 23.0 Å². The summed E-state index contributed by atoms with van der Waals surface area (Å²) in [6.07, 6.45) is 1.47. The SMILES string of the molecule is O=C(Nc1nn(Cc2c(F)cccc2Cl)cc1Cl)c1n[nH]c(Br)c1Br. The molecule has 0 aliphatic carbocycles. The summed E-state index contributed by atoms with van der Waals surface area (Å²) in [5.41, 5.74) is 0.412. The van der Waals surface area contributed by atoms with Crippen LogP contribution in [0.15, 0.2) is 33.5 Å². The Labute approximate surface area is 167 Å². The molecule has 0 radical (unpaired) electrons. The van der Waals surface area contributed by atoms with E-state index in [0.717, 1.165) is 0 Å². The molecule has 2 aromatic heterocycles. The van der Waals surface area contributed by atoms with Crippen LogP contribution in [0.3, 0.4) is 0 Å². The van der Waals surface area contributed by atoms with Crippen LogP contribution in [0.1, 0.15) is 16.1 Å². The second-order valence-corrected chi connectivity index (χ2v) is 7.28. The molecule has 0 atom stereocenters. The van der Waals surface area contributed by atoms with Crippen molar-refractivity contribution in [2.45, 2.75) is 6.54 Å². The highest BCUT2D eigenvalue weighted by molar-refractivity contribution is 9.13. The molecule has 0 saturated heterocycles. The topological polar surface area (TPSA) is 75.6 Å². The molecule has 0 aliphatic rings. The number of hydrogen-bond donors (Lipinski definition) is 2. The highest BCUT2D eigenvalue weighted by Crippen LogP contribution is 2.27. The van der Waals surface area contributed by atoms with E-state index in [2.05, 4.69) is 52.5 Å². The fraction of sp³-hybridized carbons (Fsp3) is 0.0714. The average molecular weight is 512 g/mol. The maximum atomic E-state index is 13.9. The second-order valence-electron chi connectivity index (χ2n) is 4.88. The first kappa shape index (κ1) is 18.4. The lowest BCUT2D eigenvalue weighted by Crippen LogP contribution is -2.14. The summed E-state index contributed by atoms with van der Waals surface area (Å²) in [5.74, 6) is -0.829. The van der Waals surface area contributed by atoms with Crippen molar-refractivity contribution in [3.8, 4) is 0 Å². The number of anilines is 1. The van der Waals surface area contributed by atoms with Crippen molar-refractivity contribution in [1.29, 1.82) is 0 Å². The number of carbonyl (C=O) groups excluding carboxylic acids is 1. The third kappa shape index (κ3) is 3.89. The third-order valence-electron chi connectivity index (χ3n) is 3.21. The van der Waals surface area contributed by atoms with E-state index in [9.17, 15) is 9.18 Å². The molecule has 11 heteroatoms. The minimum absolute atomic E-state index is 0.0682. The number of halogens is 5. The van der Waals surface area contributed by atoms with Crippen molar-refractivity contribution < 1.29 is 9.18 Å². The first-order chi connectivity index (χ1) is 11.9. The van der Waals surface area contributed by atoms with Gasteiger partial charge < -0.3 is 5.32 Å². The van der Waals surface area contributed by atoms with Gasteiger partial charge in [-0.2, -0.15) is 10.2 Å². The molecular formula is C14H8Br2Cl2FN5O. The number of aromatic nitrogens is 4. The fourth-order valence-corrected chi connectivity index (χ4v) is 3.09. The van der Waals surface area contributed by atoms with Gasteiger partial charge >= 0.3 is 0 Å². The van der Waals surface area contributed by atoms with Gasteiger partial charge in [0.1, 0.15) is 15.4 Å². The van der Waals surface area contributed by atoms with Crippen LogP contribution in [0, 0.1) is 5.82 Å². The molecule has 0 unspecified atom stereocenters. The van der Waals surface area contributed by atoms with Gasteiger partial charge in [-0.25, -0.2) is 4.39 Å². The van der Waals surface area contributed by atoms with Crippen LogP contribution in [-0.2, 0) is 6.54 Å². The van der Waals surface area contributed by atoms with Gasteiger partial charge in [0.05, 0.1) is 11.0 Å². The number of benzene rings is 1. The number of carbonyl (C=O) groups is 1. The Hall–Kier alpha value is -1.42. The van der Waals surface area contributed by atoms with E-state index in [1.807, 2.05) is 0 Å². The zero-order valence-electron chi connectivity index (χ0n) is 12.2. The Balaban J connectivity index is 1.81. The quantitative estimate of drug-likeness (QED) is 0.524. The molecule has 6 nitrogen and oxygen atoms in total. The van der Waals surface area contributed by atoms with E-state index in [0.29, 0.717) is 9.08 Å². The summed E-state index contributed by atoms with van der Waals surface area (Å²) < 4.78 is 16.3. The van der Waals surface area contributed by atoms with Crippen molar-refractivity contribution in [3.05, 3.63) is 60.6 Å². The van der Waals surface area contributed by atoms with E-state index in [1.54, 1.807) is 6.07 Å². The predicted molar refractivity (Wildman–Crippen MR) is 99.7 cm³/mol. The van der Waals surface area contributed by atoms with Crippen LogP contribution in [0.5, 0.6) is 0 Å². The monoisotopic (exact) mass is 509 g/mol. The van der Waals surface area contributed by atoms with Crippen LogP contribution in [0.2, 0.25) is 10.0 Å². The highest BCUT2D eigenvalue weighted by atomic mass is 79.9. The summed E-state index contributed by atoms with van der Waals surface area (Å²) >= 11 is 18.5. The van der Waals surface area contributed by atoms with E-state index in [-0.39, 0.29) is 33.7 Å². The molecule has 130 valence electrons. The van der Waals surface area contributed by atoms with Crippen LogP contribution in [-0.4, -0.2) is 25.9 Å². The molecular weight excluding hydrogens is 504 g/mol. The standard InChI is InChI=1S/C14H8Br2Cl2FN5O/c15-10-11(21-22-12(10)16)14(25)20-13-8(18)5-24(23-13)4-6-7(17)2-1-3-9(6)19/h1-3,5H,4H2,(H,21,22)(H,20,23,25). The van der Waals surface area contributed by atoms with Crippen molar-refractivity contribution in [3.63, 3.8) is 0 Å². The smallest absolute Gasteiger partial charge is 0.278 e. The van der Waals surface area contributed by atoms with Gasteiger partial charge in [-0.05, 0) is 44.0 Å². The first-order valence-corrected chi connectivity index (χ1v) is 9.07. The number of aromatic amines is 1. The number of hydrogen-bond acceptors (Lipinski definition) is 3. The van der Waals surface area contributed by atoms with Crippen LogP contribution in [0.4, 0.5) is 10.2 Å². The third-order valence-corrected chi connectivity index (χ3v) is 5.72. The van der Waals surface area contributed by atoms with Gasteiger partial charge in [-0.15, -0.1) is 0 Å². The van der Waals surface area contributed by atoms with Crippen LogP contribution >= 0.6 is 55.1 Å². The van der Waals surface area contributed by atoms with Gasteiger partial charge in [0.2, 0.25) is 0 Å². The maximum absolute atomic E-state index is 13.9. The van der Waals surface area contributed by atoms with Crippen LogP contribution in [0.25, 0.3) is 0 Å². The molecule has 1 aromatic carbocycles. The number of H-pyrrole nitrogens is 1. The molecule has 0 spiro atoms. The molecule has 0 fully saturated rings. The Morgan fingerprint density at radius 3 is 2.72 bits per heavy atom. The molecule has 0 bridgehead atoms. The first-order valence-electron chi connectivity index (χ1n) is 6.73. The van der Waals surface area contributed by atoms with Crippen molar-refractivity contribution in [1.82, 2.24) is 20.0 Å². The number of rotatable bonds is 4. The van der Waals surface area contributed by atoms with Crippen LogP contribution < -0.4 is 5.32 Å². The van der Waals surface area contributed by atoms with Gasteiger partial charge in [0.15, 0.2) is 11.5 Å². The summed E-state index contributed by atoms with van der Waals surface area (Å²) in [4.78, 5) is 12.2. The Morgan fingerprint density at radius 1 is 1.32 bits per heavy atom. The predicted octanol–water partition coefficient (Wildman–Crippen LogP) is 4.88. The Bertz CT molecular complexity index is 939. The molecule has 3 rings (SSSR count). The molecule has 1 amide bonds. The number of amides is 1. The van der Waals surface area contributed by atoms with Gasteiger partial charge in [-0.3, -0.25) is 14.6 Å². The summed E-state index contributed by atoms with van der Waals surface area (Å²) in [5, 5.41) is 13.7. The van der Waals surface area contributed by atoms with E-state index < -0.39 is 11.7 Å². The minimum atomic E-state index is -0.509. The normalized spacial score (nSPS) is 10.9. The maximum Gasteiger partial charge on any atom is 0.278 e. The van der Waals surface area contributed by atoms with Crippen molar-refractivity contribution in [2.75, 3.05) is 5.32 Å². The molecule has 2 heterocycles. The van der Waals surface area contributed by atoms with Crippen molar-refractivity contribution >= 4 is 66.8 Å². The molecule has 0 saturated carbocycles. The second kappa shape index (κ2) is 7.45. The lowest BCUT2D eigenvalue weighted by molar-refractivity contribution is 0.102. The van der Waals surface area contributed by atoms with E-state index in [4.69, 9.17) is 23.2 Å². The lowest BCUT2D eigenvalue weighted by atomic mass is 10.2. The largest absolute Gasteiger partial charge is 0.302 e. The van der Waals surface area contributed by atoms with Gasteiger partial charge in [0, 0.05) is 16.8 Å². The summed E-state index contributed by atoms with van der Waals surface area (Å²) in [6.45, 7) is 0.0682. The summed E-state index contributed by atoms with van der Waals surface area (Å²) in [6, 6.07) is 4.41. The minimum Gasteiger partial charge on any atom is -0.302 e. The zero-order valence-corrected chi connectivity index (χ0v) is 16.8. The Morgan fingerprint density at radius 2 is 2.08 bits per heavy atom. The van der Waals surface area contributed by atoms with E-state index >= 15 is 0 Å². The highest BCUT2D eigenvalue weighted by Gasteiger charge is 2.19. The summed E-state index contributed by atoms with van der Waals surface area (Å²) in [7, 11) is 0. The molecule has 0 aliphatic heterocycles. The molecule has 3 aromatic rings. The lowest BCUT2D eigenvalue weighted by Gasteiger charge is -2.05. The van der Waals surface area contributed by atoms with Gasteiger partial charge in [-0.1, -0.05) is 29.3 Å². The molecule has 2 N–H and O–H groups in total. The molecule has 25 heavy (non-hydrogen) atoms.